The van der Waals surface area contributed by atoms with Crippen LogP contribution < -0.4 is 0 Å². The first-order chi connectivity index (χ1) is 9.20. The van der Waals surface area contributed by atoms with Crippen molar-refractivity contribution in [2.45, 2.75) is 25.4 Å². The van der Waals surface area contributed by atoms with Gasteiger partial charge in [0, 0.05) is 0 Å². The van der Waals surface area contributed by atoms with Crippen LogP contribution in [0.15, 0.2) is 18.2 Å². The SMILES string of the molecule is CCOC(=O)c1cccc(C(Cl)C(C)=O)c1C(F)(F)F. The fourth-order valence-corrected chi connectivity index (χ4v) is 1.88. The topological polar surface area (TPSA) is 43.4 Å². The quantitative estimate of drug-likeness (QED) is 0.628. The van der Waals surface area contributed by atoms with Gasteiger partial charge in [0.05, 0.1) is 17.7 Å². The fourth-order valence-electron chi connectivity index (χ4n) is 1.70. The zero-order valence-corrected chi connectivity index (χ0v) is 11.5. The first-order valence-electron chi connectivity index (χ1n) is 5.71. The second-order valence-electron chi connectivity index (χ2n) is 3.96. The summed E-state index contributed by atoms with van der Waals surface area (Å²) in [6, 6.07) is 3.30. The molecule has 110 valence electrons. The molecule has 1 rings (SSSR count). The van der Waals surface area contributed by atoms with Crippen LogP contribution in [-0.4, -0.2) is 18.4 Å². The number of esters is 1. The molecule has 7 heteroatoms. The predicted octanol–water partition coefficient (Wildman–Crippen LogP) is 3.75. The molecule has 0 aromatic heterocycles. The maximum atomic E-state index is 13.2. The third-order valence-electron chi connectivity index (χ3n) is 2.51. The lowest BCUT2D eigenvalue weighted by atomic mass is 9.96. The summed E-state index contributed by atoms with van der Waals surface area (Å²) in [5, 5.41) is -1.47. The number of benzene rings is 1. The average molecular weight is 309 g/mol. The number of carbonyl (C=O) groups is 2. The van der Waals surface area contributed by atoms with Crippen molar-refractivity contribution >= 4 is 23.4 Å². The maximum Gasteiger partial charge on any atom is 0.417 e. The number of hydrogen-bond acceptors (Lipinski definition) is 3. The van der Waals surface area contributed by atoms with Crippen LogP contribution in [0.1, 0.15) is 40.7 Å². The number of carbonyl (C=O) groups excluding carboxylic acids is 2. The number of alkyl halides is 4. The van der Waals surface area contributed by atoms with E-state index in [2.05, 4.69) is 4.74 Å². The second kappa shape index (κ2) is 6.26. The Balaban J connectivity index is 3.51. The molecule has 0 spiro atoms. The number of ether oxygens (including phenoxy) is 1. The van der Waals surface area contributed by atoms with Crippen LogP contribution in [0.25, 0.3) is 0 Å². The molecule has 1 aromatic carbocycles. The van der Waals surface area contributed by atoms with E-state index in [1.165, 1.54) is 13.0 Å². The van der Waals surface area contributed by atoms with Crippen LogP contribution in [0.3, 0.4) is 0 Å². The van der Waals surface area contributed by atoms with Gasteiger partial charge in [0.15, 0.2) is 5.78 Å². The highest BCUT2D eigenvalue weighted by Crippen LogP contribution is 2.39. The molecule has 0 amide bonds. The van der Waals surface area contributed by atoms with Crippen molar-refractivity contribution < 1.29 is 27.5 Å². The molecule has 3 nitrogen and oxygen atoms in total. The van der Waals surface area contributed by atoms with E-state index in [9.17, 15) is 22.8 Å². The van der Waals surface area contributed by atoms with Gasteiger partial charge in [-0.25, -0.2) is 4.79 Å². The highest BCUT2D eigenvalue weighted by molar-refractivity contribution is 6.31. The van der Waals surface area contributed by atoms with Crippen molar-refractivity contribution in [1.82, 2.24) is 0 Å². The van der Waals surface area contributed by atoms with Crippen molar-refractivity contribution in [2.75, 3.05) is 6.61 Å². The molecule has 0 fully saturated rings. The maximum absolute atomic E-state index is 13.2. The molecule has 1 unspecified atom stereocenters. The Hall–Kier alpha value is -1.56. The van der Waals surface area contributed by atoms with Gasteiger partial charge in [-0.15, -0.1) is 11.6 Å². The van der Waals surface area contributed by atoms with Crippen molar-refractivity contribution in [3.8, 4) is 0 Å². The summed E-state index contributed by atoms with van der Waals surface area (Å²) in [5.74, 6) is -1.74. The predicted molar refractivity (Wildman–Crippen MR) is 66.7 cm³/mol. The molecule has 0 saturated carbocycles. The summed E-state index contributed by atoms with van der Waals surface area (Å²) in [4.78, 5) is 22.8. The smallest absolute Gasteiger partial charge is 0.417 e. The van der Waals surface area contributed by atoms with Crippen LogP contribution >= 0.6 is 11.6 Å². The van der Waals surface area contributed by atoms with Crippen LogP contribution in [0.4, 0.5) is 13.2 Å². The molecule has 20 heavy (non-hydrogen) atoms. The first kappa shape index (κ1) is 16.5. The van der Waals surface area contributed by atoms with Crippen LogP contribution in [-0.2, 0) is 15.7 Å². The first-order valence-corrected chi connectivity index (χ1v) is 6.15. The van der Waals surface area contributed by atoms with Gasteiger partial charge >= 0.3 is 12.1 Å². The minimum Gasteiger partial charge on any atom is -0.462 e. The fraction of sp³-hybridized carbons (Fsp3) is 0.385. The van der Waals surface area contributed by atoms with Crippen molar-refractivity contribution in [3.05, 3.63) is 34.9 Å². The van der Waals surface area contributed by atoms with Gasteiger partial charge in [-0.1, -0.05) is 12.1 Å². The summed E-state index contributed by atoms with van der Waals surface area (Å²) in [6.45, 7) is 2.50. The Labute approximate surface area is 118 Å². The van der Waals surface area contributed by atoms with E-state index in [0.717, 1.165) is 19.1 Å². The summed E-state index contributed by atoms with van der Waals surface area (Å²) < 4.78 is 44.1. The normalized spacial score (nSPS) is 12.9. The Morgan fingerprint density at radius 1 is 1.35 bits per heavy atom. The van der Waals surface area contributed by atoms with E-state index in [-0.39, 0.29) is 6.61 Å². The Morgan fingerprint density at radius 3 is 2.40 bits per heavy atom. The van der Waals surface area contributed by atoms with Crippen LogP contribution in [0.2, 0.25) is 0 Å². The summed E-state index contributed by atoms with van der Waals surface area (Å²) >= 11 is 5.70. The summed E-state index contributed by atoms with van der Waals surface area (Å²) in [7, 11) is 0. The monoisotopic (exact) mass is 308 g/mol. The van der Waals surface area contributed by atoms with Gasteiger partial charge in [0.25, 0.3) is 0 Å². The molecule has 0 aliphatic rings. The van der Waals surface area contributed by atoms with Crippen LogP contribution in [0, 0.1) is 0 Å². The number of Topliss-reactive ketones (excluding diaryl/α,β-unsaturated/α-hetero) is 1. The van der Waals surface area contributed by atoms with Gasteiger partial charge in [-0.2, -0.15) is 13.2 Å². The lowest BCUT2D eigenvalue weighted by molar-refractivity contribution is -0.138. The van der Waals surface area contributed by atoms with E-state index in [0.29, 0.717) is 0 Å². The number of rotatable bonds is 4. The van der Waals surface area contributed by atoms with Crippen molar-refractivity contribution in [2.24, 2.45) is 0 Å². The van der Waals surface area contributed by atoms with Crippen molar-refractivity contribution in [3.63, 3.8) is 0 Å². The van der Waals surface area contributed by atoms with Gasteiger partial charge in [-0.05, 0) is 25.5 Å². The zero-order valence-electron chi connectivity index (χ0n) is 10.8. The number of hydrogen-bond donors (Lipinski definition) is 0. The third kappa shape index (κ3) is 3.50. The lowest BCUT2D eigenvalue weighted by Gasteiger charge is -2.18. The van der Waals surface area contributed by atoms with Gasteiger partial charge in [-0.3, -0.25) is 4.79 Å². The van der Waals surface area contributed by atoms with E-state index in [1.54, 1.807) is 0 Å². The highest BCUT2D eigenvalue weighted by Gasteiger charge is 2.40. The Bertz CT molecular complexity index is 526. The molecular weight excluding hydrogens is 297 g/mol. The molecule has 1 atom stereocenters. The molecule has 0 aliphatic heterocycles. The molecule has 0 bridgehead atoms. The largest absolute Gasteiger partial charge is 0.462 e. The molecule has 0 aliphatic carbocycles. The zero-order chi connectivity index (χ0) is 15.5. The number of ketones is 1. The molecule has 0 saturated heterocycles. The van der Waals surface area contributed by atoms with E-state index < -0.39 is 40.0 Å². The minimum absolute atomic E-state index is 0.0582. The summed E-state index contributed by atoms with van der Waals surface area (Å²) in [5.41, 5.74) is -2.32. The molecule has 0 heterocycles. The average Bonchev–Trinajstić information content (AvgIpc) is 2.36. The minimum atomic E-state index is -4.82. The third-order valence-corrected chi connectivity index (χ3v) is 3.05. The highest BCUT2D eigenvalue weighted by atomic mass is 35.5. The van der Waals surface area contributed by atoms with Gasteiger partial charge in [0.1, 0.15) is 5.38 Å². The van der Waals surface area contributed by atoms with E-state index >= 15 is 0 Å². The molecule has 0 radical (unpaired) electrons. The lowest BCUT2D eigenvalue weighted by Crippen LogP contribution is -2.19. The van der Waals surface area contributed by atoms with Gasteiger partial charge in [0.2, 0.25) is 0 Å². The van der Waals surface area contributed by atoms with Crippen LogP contribution in [0.5, 0.6) is 0 Å². The van der Waals surface area contributed by atoms with Gasteiger partial charge < -0.3 is 4.74 Å². The van der Waals surface area contributed by atoms with E-state index in [1.807, 2.05) is 0 Å². The Kier molecular flexibility index (Phi) is 5.16. The molecular formula is C13H12ClF3O3. The summed E-state index contributed by atoms with van der Waals surface area (Å²) in [6.07, 6.45) is -4.82. The Morgan fingerprint density at radius 2 is 1.95 bits per heavy atom. The second-order valence-corrected chi connectivity index (χ2v) is 4.40. The number of halogens is 4. The van der Waals surface area contributed by atoms with Crippen molar-refractivity contribution in [1.29, 1.82) is 0 Å². The molecule has 1 aromatic rings. The standard InChI is InChI=1S/C13H12ClF3O3/c1-3-20-12(19)9-6-4-5-8(11(14)7(2)18)10(9)13(15,16)17/h4-6,11H,3H2,1-2H3. The molecule has 0 N–H and O–H groups in total. The van der Waals surface area contributed by atoms with E-state index in [4.69, 9.17) is 11.6 Å².